The van der Waals surface area contributed by atoms with Gasteiger partial charge in [0.05, 0.1) is 6.20 Å². The van der Waals surface area contributed by atoms with Crippen molar-refractivity contribution in [3.8, 4) is 16.9 Å². The topological polar surface area (TPSA) is 113 Å². The highest BCUT2D eigenvalue weighted by molar-refractivity contribution is 6.76. The number of pyridine rings is 1. The van der Waals surface area contributed by atoms with E-state index in [2.05, 4.69) is 55.2 Å². The molecule has 0 radical (unpaired) electrons. The molecule has 0 N–H and O–H groups in total. The zero-order valence-corrected chi connectivity index (χ0v) is 35.6. The summed E-state index contributed by atoms with van der Waals surface area (Å²) in [6.07, 6.45) is 6.82. The first kappa shape index (κ1) is 40.4. The van der Waals surface area contributed by atoms with Crippen LogP contribution in [0.5, 0.6) is 5.75 Å². The molecule has 2 aliphatic heterocycles. The highest BCUT2D eigenvalue weighted by atomic mass is 35.5. The lowest BCUT2D eigenvalue weighted by molar-refractivity contribution is 0.00568. The van der Waals surface area contributed by atoms with Gasteiger partial charge in [-0.3, -0.25) is 0 Å². The van der Waals surface area contributed by atoms with Crippen molar-refractivity contribution in [3.05, 3.63) is 35.4 Å². The zero-order chi connectivity index (χ0) is 37.8. The number of ether oxygens (including phenoxy) is 5. The highest BCUT2D eigenvalue weighted by Gasteiger charge is 2.45. The molecule has 0 spiro atoms. The fourth-order valence-corrected chi connectivity index (χ4v) is 8.38. The van der Waals surface area contributed by atoms with Gasteiger partial charge < -0.3 is 33.5 Å². The number of nitrogens with zero attached hydrogens (tertiary/aromatic N) is 6. The molecule has 52 heavy (non-hydrogen) atoms. The van der Waals surface area contributed by atoms with E-state index in [1.165, 1.54) is 0 Å². The lowest BCUT2D eigenvalue weighted by Crippen LogP contribution is -2.48. The van der Waals surface area contributed by atoms with Crippen LogP contribution in [0.2, 0.25) is 56.5 Å². The number of aromatic nitrogens is 4. The first-order valence-corrected chi connectivity index (χ1v) is 26.3. The summed E-state index contributed by atoms with van der Waals surface area (Å²) in [7, 11) is -1.02. The van der Waals surface area contributed by atoms with Gasteiger partial charge >= 0.3 is 6.09 Å². The second kappa shape index (κ2) is 16.7. The Morgan fingerprint density at radius 1 is 0.962 bits per heavy atom. The molecular weight excluding hydrogens is 716 g/mol. The lowest BCUT2D eigenvalue weighted by Gasteiger charge is -2.39. The van der Waals surface area contributed by atoms with Gasteiger partial charge in [0.25, 0.3) is 0 Å². The van der Waals surface area contributed by atoms with Crippen molar-refractivity contribution in [1.29, 1.82) is 0 Å². The molecule has 2 bridgehead atoms. The Hall–Kier alpha value is -2.76. The van der Waals surface area contributed by atoms with Gasteiger partial charge in [0, 0.05) is 83.6 Å². The Kier molecular flexibility index (Phi) is 13.0. The second-order valence-corrected chi connectivity index (χ2v) is 29.2. The van der Waals surface area contributed by atoms with Crippen LogP contribution in [0.4, 0.5) is 10.6 Å². The summed E-state index contributed by atoms with van der Waals surface area (Å²) in [6, 6.07) is 6.31. The maximum Gasteiger partial charge on any atom is 0.410 e. The Morgan fingerprint density at radius 3 is 2.13 bits per heavy atom. The standard InChI is InChI=1S/C37H59ClN6O6Si2/c1-37(2,3)50-36(45)43-28-11-12-29(43)18-26(17-28)31-20-33(42(23-47-13-15-51(5,6)7)24-48-14-16-52(8,9)10)44-35(41-31)30(22-40-44)27-19-32(49-25-46-4)34(38)39-21-27/h19-22,26,28-29H,11-18,23-25H2,1-10H3/t28-,29-/m0/s1. The molecule has 2 atom stereocenters. The van der Waals surface area contributed by atoms with Gasteiger partial charge in [-0.15, -0.1) is 0 Å². The largest absolute Gasteiger partial charge is 0.464 e. The summed E-state index contributed by atoms with van der Waals surface area (Å²) in [6.45, 7) is 22.0. The summed E-state index contributed by atoms with van der Waals surface area (Å²) in [5.74, 6) is 1.39. The van der Waals surface area contributed by atoms with Gasteiger partial charge in [0.1, 0.15) is 24.9 Å². The molecule has 2 aliphatic rings. The number of fused-ring (bicyclic) bond motifs is 3. The Balaban J connectivity index is 1.54. The molecule has 2 fully saturated rings. The molecule has 288 valence electrons. The molecule has 0 aromatic carbocycles. The zero-order valence-electron chi connectivity index (χ0n) is 32.8. The lowest BCUT2D eigenvalue weighted by atomic mass is 9.88. The fourth-order valence-electron chi connectivity index (χ4n) is 6.71. The van der Waals surface area contributed by atoms with Crippen molar-refractivity contribution in [1.82, 2.24) is 24.5 Å². The van der Waals surface area contributed by atoms with Crippen molar-refractivity contribution >= 4 is 45.3 Å². The van der Waals surface area contributed by atoms with Crippen molar-refractivity contribution < 1.29 is 28.5 Å². The number of amides is 1. The van der Waals surface area contributed by atoms with E-state index in [1.54, 1.807) is 13.3 Å². The summed E-state index contributed by atoms with van der Waals surface area (Å²) in [5.41, 5.74) is 2.66. The highest BCUT2D eigenvalue weighted by Crippen LogP contribution is 2.44. The van der Waals surface area contributed by atoms with Crippen LogP contribution in [-0.2, 0) is 18.9 Å². The predicted octanol–water partition coefficient (Wildman–Crippen LogP) is 8.50. The van der Waals surface area contributed by atoms with Crippen molar-refractivity contribution in [2.24, 2.45) is 0 Å². The molecular formula is C37H59ClN6O6Si2. The SMILES string of the molecule is COCOc1cc(-c2cnn3c(N(COCC[Si](C)(C)C)COCC[Si](C)(C)C)cc(C4C[C@@H]5CC[C@@H](C4)N5C(=O)OC(C)(C)C)nc23)cnc1Cl. The van der Waals surface area contributed by atoms with Crippen LogP contribution in [0.1, 0.15) is 58.1 Å². The van der Waals surface area contributed by atoms with E-state index in [-0.39, 0.29) is 36.0 Å². The quantitative estimate of drug-likeness (QED) is 0.0608. The number of rotatable bonds is 16. The monoisotopic (exact) mass is 774 g/mol. The van der Waals surface area contributed by atoms with E-state index >= 15 is 0 Å². The minimum Gasteiger partial charge on any atom is -0.464 e. The van der Waals surface area contributed by atoms with E-state index < -0.39 is 21.7 Å². The molecule has 1 amide bonds. The molecule has 15 heteroatoms. The maximum absolute atomic E-state index is 13.3. The van der Waals surface area contributed by atoms with Crippen molar-refractivity contribution in [3.63, 3.8) is 0 Å². The summed E-state index contributed by atoms with van der Waals surface area (Å²) < 4.78 is 31.3. The number of anilines is 1. The molecule has 12 nitrogen and oxygen atoms in total. The fraction of sp³-hybridized carbons (Fsp3) is 0.676. The maximum atomic E-state index is 13.3. The van der Waals surface area contributed by atoms with Gasteiger partial charge in [-0.05, 0) is 64.6 Å². The van der Waals surface area contributed by atoms with E-state index in [4.69, 9.17) is 45.4 Å². The average molecular weight is 776 g/mol. The minimum atomic E-state index is -1.29. The third kappa shape index (κ3) is 10.7. The Morgan fingerprint density at radius 2 is 1.58 bits per heavy atom. The number of hydrogen-bond acceptors (Lipinski definition) is 10. The number of carbonyl (C=O) groups excluding carboxylic acids is 1. The normalized spacial score (nSPS) is 19.4. The van der Waals surface area contributed by atoms with Crippen LogP contribution in [0.3, 0.4) is 0 Å². The molecule has 0 saturated carbocycles. The van der Waals surface area contributed by atoms with Gasteiger partial charge in [-0.2, -0.15) is 9.61 Å². The van der Waals surface area contributed by atoms with Crippen LogP contribution in [0.25, 0.3) is 16.8 Å². The van der Waals surface area contributed by atoms with Gasteiger partial charge in [-0.1, -0.05) is 50.9 Å². The molecule has 0 unspecified atom stereocenters. The molecule has 5 heterocycles. The summed E-state index contributed by atoms with van der Waals surface area (Å²) >= 11 is 6.39. The van der Waals surface area contributed by atoms with Crippen LogP contribution in [-0.4, -0.2) is 105 Å². The van der Waals surface area contributed by atoms with Crippen LogP contribution < -0.4 is 9.64 Å². The number of piperidine rings is 1. The van der Waals surface area contributed by atoms with Crippen molar-refractivity contribution in [2.45, 2.75) is 121 Å². The summed E-state index contributed by atoms with van der Waals surface area (Å²) in [5, 5.41) is 5.13. The third-order valence-corrected chi connectivity index (χ3v) is 13.2. The molecule has 0 aliphatic carbocycles. The summed E-state index contributed by atoms with van der Waals surface area (Å²) in [4.78, 5) is 27.1. The van der Waals surface area contributed by atoms with Crippen molar-refractivity contribution in [2.75, 3.05) is 45.5 Å². The van der Waals surface area contributed by atoms with Gasteiger partial charge in [0.2, 0.25) is 0 Å². The van der Waals surface area contributed by atoms with Gasteiger partial charge in [0.15, 0.2) is 23.3 Å². The van der Waals surface area contributed by atoms with E-state index in [0.717, 1.165) is 60.4 Å². The van der Waals surface area contributed by atoms with Crippen LogP contribution in [0, 0.1) is 0 Å². The van der Waals surface area contributed by atoms with Crippen LogP contribution in [0.15, 0.2) is 24.5 Å². The Labute approximate surface area is 316 Å². The third-order valence-electron chi connectivity index (χ3n) is 9.49. The molecule has 3 aromatic heterocycles. The number of methoxy groups -OCH3 is 1. The average Bonchev–Trinajstić information content (AvgIpc) is 3.59. The minimum absolute atomic E-state index is 0.0425. The smallest absolute Gasteiger partial charge is 0.410 e. The van der Waals surface area contributed by atoms with Gasteiger partial charge in [-0.25, -0.2) is 14.8 Å². The number of carbonyl (C=O) groups is 1. The van der Waals surface area contributed by atoms with E-state index in [0.29, 0.717) is 38.1 Å². The second-order valence-electron chi connectivity index (χ2n) is 17.6. The first-order valence-electron chi connectivity index (χ1n) is 18.5. The predicted molar refractivity (Wildman–Crippen MR) is 211 cm³/mol. The van der Waals surface area contributed by atoms with Crippen LogP contribution >= 0.6 is 11.6 Å². The van der Waals surface area contributed by atoms with E-state index in [9.17, 15) is 4.79 Å². The molecule has 3 aromatic rings. The van der Waals surface area contributed by atoms with E-state index in [1.807, 2.05) is 42.4 Å². The molecule has 5 rings (SSSR count). The molecule has 2 saturated heterocycles. The first-order chi connectivity index (χ1) is 24.4. The number of halogens is 1. The Bertz CT molecular complexity index is 1640. The number of hydrogen-bond donors (Lipinski definition) is 0.